The van der Waals surface area contributed by atoms with Crippen LogP contribution in [-0.2, 0) is 4.74 Å². The highest BCUT2D eigenvalue weighted by Gasteiger charge is 2.43. The van der Waals surface area contributed by atoms with Gasteiger partial charge in [0.05, 0.1) is 11.5 Å². The first kappa shape index (κ1) is 14.8. The van der Waals surface area contributed by atoms with E-state index < -0.39 is 11.7 Å². The predicted octanol–water partition coefficient (Wildman–Crippen LogP) is 2.22. The molecule has 1 aromatic carbocycles. The Morgan fingerprint density at radius 3 is 2.44 bits per heavy atom. The van der Waals surface area contributed by atoms with Gasteiger partial charge in [-0.1, -0.05) is 30.3 Å². The molecule has 2 heterocycles. The molecule has 0 amide bonds. The van der Waals surface area contributed by atoms with Gasteiger partial charge in [0, 0.05) is 23.5 Å². The predicted molar refractivity (Wildman–Crippen MR) is 87.0 cm³/mol. The van der Waals surface area contributed by atoms with Gasteiger partial charge >= 0.3 is 0 Å². The fourth-order valence-electron chi connectivity index (χ4n) is 3.19. The molecule has 0 saturated carbocycles. The number of ether oxygens (including phenoxy) is 1. The fourth-order valence-corrected chi connectivity index (χ4v) is 3.19. The van der Waals surface area contributed by atoms with Crippen molar-refractivity contribution in [1.29, 1.82) is 5.26 Å². The third kappa shape index (κ3) is 2.07. The molecule has 0 saturated heterocycles. The number of benzene rings is 1. The molecule has 6 heteroatoms. The Kier molecular flexibility index (Phi) is 3.22. The zero-order chi connectivity index (χ0) is 17.6. The van der Waals surface area contributed by atoms with Crippen molar-refractivity contribution in [1.82, 2.24) is 4.98 Å². The Balaban J connectivity index is 1.99. The highest BCUT2D eigenvalue weighted by Crippen LogP contribution is 2.43. The van der Waals surface area contributed by atoms with E-state index >= 15 is 0 Å². The van der Waals surface area contributed by atoms with Crippen LogP contribution in [0.4, 0.5) is 0 Å². The van der Waals surface area contributed by atoms with Gasteiger partial charge in [0.25, 0.3) is 0 Å². The van der Waals surface area contributed by atoms with E-state index in [2.05, 4.69) is 4.98 Å². The van der Waals surface area contributed by atoms with Crippen molar-refractivity contribution in [3.8, 4) is 6.07 Å². The van der Waals surface area contributed by atoms with Gasteiger partial charge in [0.2, 0.25) is 11.7 Å². The first-order valence-corrected chi connectivity index (χ1v) is 7.53. The quantitative estimate of drug-likeness (QED) is 0.860. The number of rotatable bonds is 1. The molecule has 2 aliphatic rings. The number of Topliss-reactive ketones (excluding diaryl/α,β-unsaturated/α-hetero) is 2. The summed E-state index contributed by atoms with van der Waals surface area (Å²) in [6.45, 7) is 0. The number of carbonyl (C=O) groups excluding carboxylic acids is 2. The molecule has 0 fully saturated rings. The normalized spacial score (nSPS) is 19.1. The fraction of sp³-hybridized carbons (Fsp3) is 0.0526. The van der Waals surface area contributed by atoms with E-state index in [1.54, 1.807) is 48.8 Å². The maximum absolute atomic E-state index is 13.1. The second kappa shape index (κ2) is 5.42. The van der Waals surface area contributed by atoms with E-state index in [9.17, 15) is 14.9 Å². The standard InChI is InChI=1S/C19H11N3O3/c20-8-13-14(10-4-3-7-22-9-10)15-16(23)11-5-1-2-6-12(11)17(24)18(15)25-19(13)21/h1-7,9,14H,21H2/t14-/m1/s1. The van der Waals surface area contributed by atoms with Crippen LogP contribution in [0.5, 0.6) is 0 Å². The summed E-state index contributed by atoms with van der Waals surface area (Å²) in [5.41, 5.74) is 7.24. The van der Waals surface area contributed by atoms with E-state index in [1.807, 2.05) is 6.07 Å². The van der Waals surface area contributed by atoms with Crippen molar-refractivity contribution >= 4 is 11.6 Å². The minimum Gasteiger partial charge on any atom is -0.436 e. The maximum Gasteiger partial charge on any atom is 0.229 e. The van der Waals surface area contributed by atoms with Gasteiger partial charge < -0.3 is 10.5 Å². The van der Waals surface area contributed by atoms with Crippen molar-refractivity contribution < 1.29 is 14.3 Å². The zero-order valence-corrected chi connectivity index (χ0v) is 12.9. The lowest BCUT2D eigenvalue weighted by molar-refractivity contribution is 0.0897. The van der Waals surface area contributed by atoms with Crippen molar-refractivity contribution in [3.63, 3.8) is 0 Å². The Morgan fingerprint density at radius 1 is 1.08 bits per heavy atom. The Bertz CT molecular complexity index is 1030. The molecule has 0 spiro atoms. The van der Waals surface area contributed by atoms with Crippen LogP contribution < -0.4 is 5.73 Å². The van der Waals surface area contributed by atoms with Crippen LogP contribution in [0.1, 0.15) is 32.2 Å². The number of fused-ring (bicyclic) bond motifs is 1. The molecule has 4 rings (SSSR count). The number of pyridine rings is 1. The molecule has 0 radical (unpaired) electrons. The van der Waals surface area contributed by atoms with Crippen molar-refractivity contribution in [2.24, 2.45) is 5.73 Å². The molecule has 1 aromatic heterocycles. The number of nitrogens with zero attached hydrogens (tertiary/aromatic N) is 2. The summed E-state index contributed by atoms with van der Waals surface area (Å²) in [6.07, 6.45) is 3.13. The van der Waals surface area contributed by atoms with Crippen molar-refractivity contribution in [3.05, 3.63) is 88.3 Å². The topological polar surface area (TPSA) is 106 Å². The van der Waals surface area contributed by atoms with Crippen LogP contribution in [-0.4, -0.2) is 16.6 Å². The molecule has 1 aliphatic carbocycles. The van der Waals surface area contributed by atoms with E-state index in [0.717, 1.165) is 0 Å². The largest absolute Gasteiger partial charge is 0.436 e. The van der Waals surface area contributed by atoms with Gasteiger partial charge in [-0.15, -0.1) is 0 Å². The number of hydrogen-bond acceptors (Lipinski definition) is 6. The molecule has 0 bridgehead atoms. The second-order valence-corrected chi connectivity index (χ2v) is 5.66. The maximum atomic E-state index is 13.1. The SMILES string of the molecule is N#CC1=C(N)OC2=C(C(=O)c3ccccc3C2=O)[C@@H]1c1cccnc1. The molecule has 1 atom stereocenters. The minimum atomic E-state index is -0.785. The van der Waals surface area contributed by atoms with Crippen LogP contribution in [0.3, 0.4) is 0 Å². The Labute approximate surface area is 142 Å². The molecule has 2 N–H and O–H groups in total. The smallest absolute Gasteiger partial charge is 0.229 e. The van der Waals surface area contributed by atoms with Gasteiger partial charge in [-0.05, 0) is 11.6 Å². The second-order valence-electron chi connectivity index (χ2n) is 5.66. The lowest BCUT2D eigenvalue weighted by atomic mass is 9.76. The summed E-state index contributed by atoms with van der Waals surface area (Å²) in [5.74, 6) is -1.84. The van der Waals surface area contributed by atoms with Crippen LogP contribution in [0.15, 0.2) is 71.6 Å². The number of hydrogen-bond donors (Lipinski definition) is 1. The van der Waals surface area contributed by atoms with E-state index in [-0.39, 0.29) is 34.1 Å². The molecular formula is C19H11N3O3. The minimum absolute atomic E-state index is 0.0901. The number of aromatic nitrogens is 1. The molecule has 25 heavy (non-hydrogen) atoms. The average Bonchev–Trinajstić information content (AvgIpc) is 2.66. The van der Waals surface area contributed by atoms with Crippen LogP contribution in [0.25, 0.3) is 0 Å². The number of nitriles is 1. The third-order valence-corrected chi connectivity index (χ3v) is 4.30. The molecule has 1 aliphatic heterocycles. The Hall–Kier alpha value is -3.72. The number of nitrogens with two attached hydrogens (primary N) is 1. The first-order chi connectivity index (χ1) is 12.1. The van der Waals surface area contributed by atoms with Gasteiger partial charge in [-0.25, -0.2) is 0 Å². The highest BCUT2D eigenvalue weighted by molar-refractivity contribution is 6.27. The van der Waals surface area contributed by atoms with E-state index in [1.165, 1.54) is 0 Å². The summed E-state index contributed by atoms with van der Waals surface area (Å²) in [7, 11) is 0. The van der Waals surface area contributed by atoms with Gasteiger partial charge in [-0.2, -0.15) is 5.26 Å². The lowest BCUT2D eigenvalue weighted by Crippen LogP contribution is -2.32. The van der Waals surface area contributed by atoms with Gasteiger partial charge in [0.15, 0.2) is 11.5 Å². The molecular weight excluding hydrogens is 318 g/mol. The third-order valence-electron chi connectivity index (χ3n) is 4.30. The van der Waals surface area contributed by atoms with Crippen molar-refractivity contribution in [2.45, 2.75) is 5.92 Å². The first-order valence-electron chi connectivity index (χ1n) is 7.53. The summed E-state index contributed by atoms with van der Waals surface area (Å²) in [6, 6.07) is 12.0. The van der Waals surface area contributed by atoms with Crippen LogP contribution in [0.2, 0.25) is 0 Å². The summed E-state index contributed by atoms with van der Waals surface area (Å²) < 4.78 is 5.41. The number of carbonyl (C=O) groups is 2. The Morgan fingerprint density at radius 2 is 1.80 bits per heavy atom. The summed E-state index contributed by atoms with van der Waals surface area (Å²) >= 11 is 0. The van der Waals surface area contributed by atoms with Gasteiger partial charge in [0.1, 0.15) is 11.6 Å². The van der Waals surface area contributed by atoms with Gasteiger partial charge in [-0.3, -0.25) is 14.6 Å². The summed E-state index contributed by atoms with van der Waals surface area (Å²) in [5, 5.41) is 9.52. The molecule has 6 nitrogen and oxygen atoms in total. The highest BCUT2D eigenvalue weighted by atomic mass is 16.5. The van der Waals surface area contributed by atoms with Crippen molar-refractivity contribution in [2.75, 3.05) is 0 Å². The molecule has 2 aromatic rings. The summed E-state index contributed by atoms with van der Waals surface area (Å²) in [4.78, 5) is 29.9. The molecule has 0 unspecified atom stereocenters. The van der Waals surface area contributed by atoms with Crippen LogP contribution in [0, 0.1) is 11.3 Å². The molecule has 120 valence electrons. The lowest BCUT2D eigenvalue weighted by Gasteiger charge is -2.30. The zero-order valence-electron chi connectivity index (χ0n) is 12.9. The average molecular weight is 329 g/mol. The monoisotopic (exact) mass is 329 g/mol. The van der Waals surface area contributed by atoms with Crippen LogP contribution >= 0.6 is 0 Å². The number of allylic oxidation sites excluding steroid dienone is 3. The van der Waals surface area contributed by atoms with E-state index in [0.29, 0.717) is 11.1 Å². The van der Waals surface area contributed by atoms with E-state index in [4.69, 9.17) is 10.5 Å². The number of ketones is 2.